The van der Waals surface area contributed by atoms with Crippen LogP contribution in [0.3, 0.4) is 0 Å². The highest BCUT2D eigenvalue weighted by molar-refractivity contribution is 7.00. The molecule has 95 heavy (non-hydrogen) atoms. The van der Waals surface area contributed by atoms with Crippen LogP contribution in [-0.2, 0) is 5.41 Å². The first kappa shape index (κ1) is 36.8. The van der Waals surface area contributed by atoms with Crippen LogP contribution in [0.5, 0.6) is 0 Å². The predicted octanol–water partition coefficient (Wildman–Crippen LogP) is 22.1. The van der Waals surface area contributed by atoms with Gasteiger partial charge in [0.15, 0.2) is 0 Å². The van der Waals surface area contributed by atoms with E-state index in [1.54, 1.807) is 24.3 Å². The van der Waals surface area contributed by atoms with Gasteiger partial charge in [-0.15, -0.1) is 0 Å². The van der Waals surface area contributed by atoms with E-state index in [0.717, 1.165) is 16.7 Å². The number of aromatic nitrogens is 2. The van der Waals surface area contributed by atoms with Crippen LogP contribution in [0.2, 0.25) is 0 Å². The summed E-state index contributed by atoms with van der Waals surface area (Å²) in [5.41, 5.74) is 8.94. The molecule has 7 heteroatoms. The molecule has 2 aliphatic rings. The van der Waals surface area contributed by atoms with E-state index in [-0.39, 0.29) is 66.1 Å². The molecule has 18 aromatic rings. The van der Waals surface area contributed by atoms with Crippen molar-refractivity contribution in [3.8, 4) is 44.8 Å². The van der Waals surface area contributed by atoms with Gasteiger partial charge in [-0.05, 0) is 152 Å². The second-order valence-electron chi connectivity index (χ2n) is 25.2. The lowest BCUT2D eigenvalue weighted by Gasteiger charge is -2.45. The second-order valence-corrected chi connectivity index (χ2v) is 25.2. The third-order valence-corrected chi connectivity index (χ3v) is 19.0. The zero-order chi connectivity index (χ0) is 81.1. The van der Waals surface area contributed by atoms with Crippen LogP contribution in [0.15, 0.2) is 312 Å². The van der Waals surface area contributed by atoms with Crippen LogP contribution in [-0.4, -0.2) is 15.8 Å². The highest BCUT2D eigenvalue weighted by Gasteiger charge is 2.45. The fourth-order valence-electron chi connectivity index (χ4n) is 15.0. The van der Waals surface area contributed by atoms with Gasteiger partial charge in [-0.1, -0.05) is 233 Å². The molecule has 0 spiro atoms. The number of anilines is 6. The largest absolute Gasteiger partial charge is 0.456 e. The molecule has 20 rings (SSSR count). The lowest BCUT2D eigenvalue weighted by Crippen LogP contribution is -2.61. The number of rotatable bonds is 7. The van der Waals surface area contributed by atoms with Crippen molar-refractivity contribution in [1.29, 1.82) is 0 Å². The molecule has 0 saturated carbocycles. The summed E-state index contributed by atoms with van der Waals surface area (Å²) in [5, 5.41) is 1.74. The van der Waals surface area contributed by atoms with Crippen LogP contribution < -0.4 is 26.2 Å². The van der Waals surface area contributed by atoms with E-state index >= 15 is 0 Å². The Hall–Kier alpha value is -12.1. The van der Waals surface area contributed by atoms with Gasteiger partial charge in [-0.2, -0.15) is 0 Å². The first-order valence-corrected chi connectivity index (χ1v) is 31.2. The van der Waals surface area contributed by atoms with E-state index in [4.69, 9.17) is 15.7 Å². The maximum absolute atomic E-state index is 10.1. The minimum absolute atomic E-state index is 0.0804. The summed E-state index contributed by atoms with van der Waals surface area (Å²) < 4.78 is 216. The number of fused-ring (bicyclic) bond motifs is 16. The van der Waals surface area contributed by atoms with E-state index in [2.05, 4.69) is 32.9 Å². The SMILES string of the molecule is [2H]c1c([2H])c([2H])c(-c2ccc3c(c2)N(c2cc(-c4ccccc4C(C)(C)C)cc4oc5ccccc5c24)c2cc(-n4c5c([2H])c([2H])c([2H])c([2H])c5c5c([2H])c([2H])c([2H])c([2H])c54)cc4c2B3c2ccc(-n3c5c([2H])c([2H])c([2H])c([2H])c5c5c([2H])c([2H])c([2H])c([2H])c53)cc2N4c2cc(-c3ccccc3)cc3oc4ccccc4c23)c([2H])c1[2H]. The molecule has 4 aromatic heterocycles. The Kier molecular flexibility index (Phi) is 7.84. The molecule has 2 aliphatic heterocycles. The predicted molar refractivity (Wildman–Crippen MR) is 399 cm³/mol. The lowest BCUT2D eigenvalue weighted by molar-refractivity contribution is 0.592. The van der Waals surface area contributed by atoms with E-state index in [1.807, 2.05) is 149 Å². The maximum atomic E-state index is 10.1. The van der Waals surface area contributed by atoms with Crippen molar-refractivity contribution < 1.29 is 37.6 Å². The first-order valence-electron chi connectivity index (χ1n) is 41.7. The maximum Gasteiger partial charge on any atom is 0.252 e. The summed E-state index contributed by atoms with van der Waals surface area (Å²) in [6.45, 7) is 5.37. The minimum Gasteiger partial charge on any atom is -0.456 e. The average molecular weight is 1240 g/mol. The van der Waals surface area contributed by atoms with Crippen molar-refractivity contribution in [2.45, 2.75) is 26.2 Å². The highest BCUT2D eigenvalue weighted by atomic mass is 16.3. The molecule has 0 atom stereocenters. The van der Waals surface area contributed by atoms with Crippen molar-refractivity contribution in [2.24, 2.45) is 0 Å². The van der Waals surface area contributed by atoms with Gasteiger partial charge in [0.05, 0.1) is 78.7 Å². The lowest BCUT2D eigenvalue weighted by atomic mass is 9.33. The summed E-state index contributed by atoms with van der Waals surface area (Å²) in [6, 6.07) is 42.5. The summed E-state index contributed by atoms with van der Waals surface area (Å²) in [5.74, 6) is 0. The molecule has 6 heterocycles. The normalized spacial score (nSPS) is 16.0. The molecule has 0 radical (unpaired) electrons. The van der Waals surface area contributed by atoms with E-state index in [0.29, 0.717) is 106 Å². The van der Waals surface area contributed by atoms with Crippen LogP contribution in [0.4, 0.5) is 34.1 Å². The van der Waals surface area contributed by atoms with Crippen molar-refractivity contribution in [3.63, 3.8) is 0 Å². The second kappa shape index (κ2) is 20.2. The number of hydrogen-bond acceptors (Lipinski definition) is 4. The van der Waals surface area contributed by atoms with Gasteiger partial charge >= 0.3 is 0 Å². The van der Waals surface area contributed by atoms with Crippen LogP contribution in [0, 0.1) is 0 Å². The average Bonchev–Trinajstić information content (AvgIpc) is 0.974. The Morgan fingerprint density at radius 3 is 1.36 bits per heavy atom. The quantitative estimate of drug-likeness (QED) is 0.149. The summed E-state index contributed by atoms with van der Waals surface area (Å²) in [6.07, 6.45) is 0. The van der Waals surface area contributed by atoms with Gasteiger partial charge in [-0.3, -0.25) is 0 Å². The highest BCUT2D eigenvalue weighted by Crippen LogP contribution is 2.53. The number of para-hydroxylation sites is 6. The Bertz CT molecular complexity index is 7390. The van der Waals surface area contributed by atoms with Crippen LogP contribution in [0.25, 0.3) is 132 Å². The molecule has 0 fully saturated rings. The van der Waals surface area contributed by atoms with Crippen molar-refractivity contribution in [3.05, 3.63) is 308 Å². The van der Waals surface area contributed by atoms with Gasteiger partial charge < -0.3 is 27.8 Å². The van der Waals surface area contributed by atoms with Gasteiger partial charge in [-0.25, -0.2) is 0 Å². The Morgan fingerprint density at radius 2 is 0.779 bits per heavy atom. The van der Waals surface area contributed by atoms with Gasteiger partial charge in [0, 0.05) is 60.8 Å². The number of furan rings is 2. The molecule has 14 aromatic carbocycles. The zero-order valence-electron chi connectivity index (χ0n) is 71.9. The van der Waals surface area contributed by atoms with E-state index in [9.17, 15) is 21.9 Å². The topological polar surface area (TPSA) is 42.6 Å². The monoisotopic (exact) mass is 1240 g/mol. The van der Waals surface area contributed by atoms with Crippen molar-refractivity contribution in [2.75, 3.05) is 9.80 Å². The van der Waals surface area contributed by atoms with Gasteiger partial charge in [0.25, 0.3) is 6.71 Å². The molecule has 446 valence electrons. The van der Waals surface area contributed by atoms with Crippen LogP contribution in [0.1, 0.15) is 55.1 Å². The summed E-state index contributed by atoms with van der Waals surface area (Å²) in [7, 11) is 0. The number of nitrogens with zero attached hydrogens (tertiary/aromatic N) is 4. The van der Waals surface area contributed by atoms with Crippen molar-refractivity contribution >= 4 is 145 Å². The van der Waals surface area contributed by atoms with Gasteiger partial charge in [0.2, 0.25) is 0 Å². The molecule has 0 bridgehead atoms. The summed E-state index contributed by atoms with van der Waals surface area (Å²) >= 11 is 0. The fourth-order valence-corrected chi connectivity index (χ4v) is 15.0. The fraction of sp³-hybridized carbons (Fsp3) is 0.0455. The molecule has 0 N–H and O–H groups in total. The third kappa shape index (κ3) is 7.93. The van der Waals surface area contributed by atoms with Gasteiger partial charge in [0.1, 0.15) is 22.3 Å². The minimum atomic E-state index is -0.995. The Morgan fingerprint density at radius 1 is 0.326 bits per heavy atom. The molecular weight excluding hydrogens is 1160 g/mol. The first-order chi connectivity index (χ1) is 55.5. The molecule has 0 saturated heterocycles. The third-order valence-electron chi connectivity index (χ3n) is 19.0. The molecular formula is C88H59BN4O2. The van der Waals surface area contributed by atoms with Crippen molar-refractivity contribution in [1.82, 2.24) is 9.13 Å². The molecule has 6 nitrogen and oxygen atoms in total. The molecule has 0 aliphatic carbocycles. The van der Waals surface area contributed by atoms with Crippen LogP contribution >= 0.6 is 0 Å². The number of hydrogen-bond donors (Lipinski definition) is 0. The summed E-state index contributed by atoms with van der Waals surface area (Å²) in [4.78, 5) is 4.03. The molecule has 0 unspecified atom stereocenters. The van der Waals surface area contributed by atoms with E-state index < -0.39 is 139 Å². The zero-order valence-corrected chi connectivity index (χ0v) is 50.9. The molecule has 0 amide bonds. The standard InChI is InChI=1S/C88H59BN4O2/c1-88(2,3)68-35-17-10-28-61(68)58-48-78(86-67-34-16-23-41-82(67)95-84(86)50-58)92-75-46-56(54-24-6-4-7-25-54)42-44-69(75)89-70-45-43-59(90-71-36-18-11-29-62(71)63-30-12-19-37-72(63)90)51-76(70)93(77-47-57(55-26-8-5-9-27-55)49-83-85(77)66-33-15-22-40-81(66)94-83)80-53-60(52-79(92)87(80)89)91-73-38-20-13-31-64(73)65-32-14-21-39-74(65)91/h4-53H,1-3H3/i4D,6D,7D,11D,12D,13D,14D,18D,19D,20D,21D,24D,25D,29D,30D,31D,32D,36D,37D,38D,39D. The van der Waals surface area contributed by atoms with E-state index in [1.165, 1.54) is 9.13 Å². The number of benzene rings is 14. The smallest absolute Gasteiger partial charge is 0.252 e. The Labute approximate surface area is 578 Å². The Balaban J connectivity index is 1.04.